The third kappa shape index (κ3) is 19.7. The van der Waals surface area contributed by atoms with Gasteiger partial charge in [-0.2, -0.15) is 0 Å². The van der Waals surface area contributed by atoms with Gasteiger partial charge in [0, 0.05) is 36.9 Å². The van der Waals surface area contributed by atoms with E-state index >= 15 is 0 Å². The first kappa shape index (κ1) is 27.6. The summed E-state index contributed by atoms with van der Waals surface area (Å²) in [5.41, 5.74) is 9.47. The van der Waals surface area contributed by atoms with Crippen molar-refractivity contribution < 1.29 is 39.6 Å². The number of hydrogen-bond acceptors (Lipinski definition) is 10. The normalized spacial score (nSPS) is 11.3. The van der Waals surface area contributed by atoms with Gasteiger partial charge >= 0.3 is 46.1 Å². The molecule has 2 atom stereocenters. The second kappa shape index (κ2) is 14.7. The molecule has 0 unspecified atom stereocenters. The minimum Gasteiger partial charge on any atom is -0.550 e. The van der Waals surface area contributed by atoms with Gasteiger partial charge in [0.1, 0.15) is 0 Å². The summed E-state index contributed by atoms with van der Waals surface area (Å²) in [4.78, 5) is 38.7. The topological polar surface area (TPSA) is 213 Å². The van der Waals surface area contributed by atoms with Crippen LogP contribution in [0.5, 0.6) is 0 Å². The summed E-state index contributed by atoms with van der Waals surface area (Å²) >= 11 is 0. The SMILES string of the molecule is N[C@@H](CC(=O)[O-])C(=O)[O-].N[C@@H](CC(=O)[O-])C(=O)[O-].[Mg+2].[Mg+2]. The van der Waals surface area contributed by atoms with Crippen LogP contribution in [-0.2, 0) is 19.2 Å². The Morgan fingerprint density at radius 1 is 0.700 bits per heavy atom. The van der Waals surface area contributed by atoms with Crippen molar-refractivity contribution in [3.8, 4) is 0 Å². The van der Waals surface area contributed by atoms with Crippen molar-refractivity contribution in [2.75, 3.05) is 0 Å². The summed E-state index contributed by atoms with van der Waals surface area (Å²) in [5, 5.41) is 38.7. The standard InChI is InChI=1S/2C4H7NO4.2Mg/c2*5-2(4(8)9)1-3(6)7;;/h2*2H,1,5H2,(H,6,7)(H,8,9);;/q;;2*+2/p-4/t2*2-;;/m00../s1. The molecule has 10 nitrogen and oxygen atoms in total. The van der Waals surface area contributed by atoms with E-state index in [2.05, 4.69) is 0 Å². The van der Waals surface area contributed by atoms with Crippen molar-refractivity contribution in [3.05, 3.63) is 0 Å². The Bertz CT molecular complexity index is 306. The molecule has 0 heterocycles. The number of carboxylic acid groups (broad SMARTS) is 4. The average Bonchev–Trinajstić information content (AvgIpc) is 2.16. The largest absolute Gasteiger partial charge is 2.00 e. The van der Waals surface area contributed by atoms with Crippen LogP contribution in [0, 0.1) is 0 Å². The molecule has 0 spiro atoms. The Labute approximate surface area is 145 Å². The Hall–Kier alpha value is -0.668. The number of carbonyl (C=O) groups excluding carboxylic acids is 4. The third-order valence-corrected chi connectivity index (χ3v) is 1.38. The fourth-order valence-electron chi connectivity index (χ4n) is 0.526. The molecule has 104 valence electrons. The fourth-order valence-corrected chi connectivity index (χ4v) is 0.526. The van der Waals surface area contributed by atoms with E-state index in [9.17, 15) is 39.6 Å². The number of carbonyl (C=O) groups is 4. The van der Waals surface area contributed by atoms with Crippen LogP contribution >= 0.6 is 0 Å². The molecule has 0 fully saturated rings. The molecule has 20 heavy (non-hydrogen) atoms. The van der Waals surface area contributed by atoms with Gasteiger partial charge in [-0.3, -0.25) is 0 Å². The zero-order valence-corrected chi connectivity index (χ0v) is 13.2. The Morgan fingerprint density at radius 2 is 0.900 bits per heavy atom. The van der Waals surface area contributed by atoms with Crippen LogP contribution in [0.25, 0.3) is 0 Å². The van der Waals surface area contributed by atoms with Crippen molar-refractivity contribution in [1.29, 1.82) is 0 Å². The van der Waals surface area contributed by atoms with Gasteiger partial charge in [0.25, 0.3) is 0 Å². The Kier molecular flexibility index (Phi) is 20.4. The monoisotopic (exact) mass is 310 g/mol. The maximum atomic E-state index is 9.71. The van der Waals surface area contributed by atoms with Crippen molar-refractivity contribution >= 4 is 70.0 Å². The van der Waals surface area contributed by atoms with Crippen molar-refractivity contribution in [2.45, 2.75) is 24.9 Å². The van der Waals surface area contributed by atoms with E-state index in [1.165, 1.54) is 0 Å². The van der Waals surface area contributed by atoms with E-state index in [-0.39, 0.29) is 46.1 Å². The first-order valence-electron chi connectivity index (χ1n) is 4.40. The molecule has 0 aliphatic rings. The summed E-state index contributed by atoms with van der Waals surface area (Å²) < 4.78 is 0. The summed E-state index contributed by atoms with van der Waals surface area (Å²) in [6.07, 6.45) is -1.41. The van der Waals surface area contributed by atoms with Crippen molar-refractivity contribution in [2.24, 2.45) is 11.5 Å². The second-order valence-electron chi connectivity index (χ2n) is 3.00. The predicted octanol–water partition coefficient (Wildman–Crippen LogP) is -8.35. The van der Waals surface area contributed by atoms with Crippen LogP contribution < -0.4 is 31.9 Å². The molecule has 0 aromatic carbocycles. The predicted molar refractivity (Wildman–Crippen MR) is 56.7 cm³/mol. The molecular weight excluding hydrogens is 301 g/mol. The molecule has 0 amide bonds. The zero-order valence-electron chi connectivity index (χ0n) is 10.4. The first-order chi connectivity index (χ1) is 8.07. The zero-order chi connectivity index (χ0) is 14.9. The van der Waals surface area contributed by atoms with Crippen LogP contribution in [0.15, 0.2) is 0 Å². The van der Waals surface area contributed by atoms with E-state index < -0.39 is 48.8 Å². The van der Waals surface area contributed by atoms with Crippen LogP contribution in [0.2, 0.25) is 0 Å². The molecule has 0 aromatic heterocycles. The summed E-state index contributed by atoms with van der Waals surface area (Å²) in [5.74, 6) is -6.16. The van der Waals surface area contributed by atoms with Crippen molar-refractivity contribution in [3.63, 3.8) is 0 Å². The van der Waals surface area contributed by atoms with Gasteiger partial charge in [-0.1, -0.05) is 0 Å². The minimum absolute atomic E-state index is 0. The molecule has 0 saturated heterocycles. The molecule has 0 aromatic rings. The molecule has 0 saturated carbocycles. The third-order valence-electron chi connectivity index (χ3n) is 1.38. The number of nitrogens with two attached hydrogens (primary N) is 2. The molecule has 12 heteroatoms. The van der Waals surface area contributed by atoms with Crippen LogP contribution in [0.3, 0.4) is 0 Å². The smallest absolute Gasteiger partial charge is 0.550 e. The van der Waals surface area contributed by atoms with Gasteiger partial charge < -0.3 is 51.1 Å². The van der Waals surface area contributed by atoms with Crippen molar-refractivity contribution in [1.82, 2.24) is 0 Å². The van der Waals surface area contributed by atoms with E-state index in [4.69, 9.17) is 11.5 Å². The number of hydrogen-bond donors (Lipinski definition) is 2. The van der Waals surface area contributed by atoms with Gasteiger partial charge in [-0.25, -0.2) is 0 Å². The fraction of sp³-hybridized carbons (Fsp3) is 0.500. The molecule has 0 radical (unpaired) electrons. The molecule has 0 bridgehead atoms. The van der Waals surface area contributed by atoms with Gasteiger partial charge in [0.05, 0.1) is 11.9 Å². The van der Waals surface area contributed by atoms with Crippen LogP contribution in [0.1, 0.15) is 12.8 Å². The van der Waals surface area contributed by atoms with Gasteiger partial charge in [0.15, 0.2) is 0 Å². The number of aliphatic carboxylic acids is 4. The Balaban J connectivity index is -0.000000116. The van der Waals surface area contributed by atoms with E-state index in [1.807, 2.05) is 0 Å². The number of carboxylic acids is 4. The van der Waals surface area contributed by atoms with Crippen LogP contribution in [0.4, 0.5) is 0 Å². The summed E-state index contributed by atoms with van der Waals surface area (Å²) in [7, 11) is 0. The maximum Gasteiger partial charge on any atom is 2.00 e. The first-order valence-corrected chi connectivity index (χ1v) is 4.40. The van der Waals surface area contributed by atoms with Crippen LogP contribution in [-0.4, -0.2) is 82.1 Å². The number of rotatable bonds is 6. The van der Waals surface area contributed by atoms with Gasteiger partial charge in [-0.05, 0) is 0 Å². The summed E-state index contributed by atoms with van der Waals surface area (Å²) in [6.45, 7) is 0. The molecular formula is C8H10Mg2N2O8. The molecule has 0 rings (SSSR count). The van der Waals surface area contributed by atoms with E-state index in [1.54, 1.807) is 0 Å². The second-order valence-corrected chi connectivity index (χ2v) is 3.00. The Morgan fingerprint density at radius 3 is 0.950 bits per heavy atom. The maximum absolute atomic E-state index is 9.71. The quantitative estimate of drug-likeness (QED) is 0.441. The average molecular weight is 311 g/mol. The molecule has 4 N–H and O–H groups in total. The minimum atomic E-state index is -1.58. The van der Waals surface area contributed by atoms with Gasteiger partial charge in [0.2, 0.25) is 0 Å². The molecule has 0 aliphatic heterocycles. The van der Waals surface area contributed by atoms with Gasteiger partial charge in [-0.15, -0.1) is 0 Å². The summed E-state index contributed by atoms with van der Waals surface area (Å²) in [6, 6.07) is -2.93. The molecule has 0 aliphatic carbocycles. The van der Waals surface area contributed by atoms with E-state index in [0.29, 0.717) is 0 Å². The van der Waals surface area contributed by atoms with E-state index in [0.717, 1.165) is 0 Å².